The third-order valence-electron chi connectivity index (χ3n) is 1.47. The van der Waals surface area contributed by atoms with E-state index in [0.29, 0.717) is 12.1 Å². The maximum Gasteiger partial charge on any atom is 0.270 e. The predicted molar refractivity (Wildman–Crippen MR) is 44.1 cm³/mol. The van der Waals surface area contributed by atoms with Crippen LogP contribution >= 0.6 is 0 Å². The summed E-state index contributed by atoms with van der Waals surface area (Å²) in [6.07, 6.45) is 3.83. The number of hydrogen-bond donors (Lipinski definition) is 2. The summed E-state index contributed by atoms with van der Waals surface area (Å²) in [5.41, 5.74) is 0.492. The van der Waals surface area contributed by atoms with Gasteiger partial charge in [-0.25, -0.2) is 5.84 Å². The molecule has 0 aliphatic rings. The third kappa shape index (κ3) is 1.82. The number of aromatic amines is 1. The molecule has 5 heteroatoms. The van der Waals surface area contributed by atoms with Gasteiger partial charge < -0.3 is 0 Å². The summed E-state index contributed by atoms with van der Waals surface area (Å²) in [5.74, 6) is 5.26. The summed E-state index contributed by atoms with van der Waals surface area (Å²) >= 11 is 0. The van der Waals surface area contributed by atoms with E-state index in [1.807, 2.05) is 6.92 Å². The number of nitrogens with two attached hydrogens (primary N) is 1. The van der Waals surface area contributed by atoms with Gasteiger partial charge in [0.15, 0.2) is 0 Å². The third-order valence-corrected chi connectivity index (χ3v) is 1.47. The van der Waals surface area contributed by atoms with Crippen molar-refractivity contribution >= 4 is 5.91 Å². The summed E-state index contributed by atoms with van der Waals surface area (Å²) in [5, 5.41) is 7.40. The molecule has 0 unspecified atom stereocenters. The van der Waals surface area contributed by atoms with Crippen LogP contribution in [0.15, 0.2) is 12.4 Å². The van der Waals surface area contributed by atoms with Gasteiger partial charge in [0.25, 0.3) is 5.91 Å². The molecule has 0 saturated carbocycles. The van der Waals surface area contributed by atoms with Crippen molar-refractivity contribution in [2.75, 3.05) is 6.54 Å². The minimum absolute atomic E-state index is 0.203. The fraction of sp³-hybridized carbons (Fsp3) is 0.429. The molecule has 0 bridgehead atoms. The van der Waals surface area contributed by atoms with E-state index in [9.17, 15) is 4.79 Å². The van der Waals surface area contributed by atoms with Crippen LogP contribution in [-0.2, 0) is 0 Å². The summed E-state index contributed by atoms with van der Waals surface area (Å²) in [6, 6.07) is 0. The zero-order chi connectivity index (χ0) is 8.97. The van der Waals surface area contributed by atoms with Gasteiger partial charge in [0.05, 0.1) is 11.8 Å². The number of amides is 1. The second-order valence-electron chi connectivity index (χ2n) is 2.49. The highest BCUT2D eigenvalue weighted by molar-refractivity contribution is 5.93. The Balaban J connectivity index is 2.59. The molecule has 1 heterocycles. The molecule has 0 atom stereocenters. The molecule has 0 spiro atoms. The van der Waals surface area contributed by atoms with E-state index in [2.05, 4.69) is 10.2 Å². The molecule has 0 saturated heterocycles. The monoisotopic (exact) mass is 168 g/mol. The molecule has 1 amide bonds. The van der Waals surface area contributed by atoms with Crippen LogP contribution in [0.1, 0.15) is 23.7 Å². The Morgan fingerprint density at radius 1 is 1.83 bits per heavy atom. The zero-order valence-corrected chi connectivity index (χ0v) is 6.95. The van der Waals surface area contributed by atoms with E-state index in [0.717, 1.165) is 6.42 Å². The molecular formula is C7H12N4O. The van der Waals surface area contributed by atoms with Gasteiger partial charge in [-0.1, -0.05) is 6.92 Å². The number of carbonyl (C=O) groups excluding carboxylic acids is 1. The van der Waals surface area contributed by atoms with Gasteiger partial charge >= 0.3 is 0 Å². The van der Waals surface area contributed by atoms with Gasteiger partial charge in [0.1, 0.15) is 0 Å². The fourth-order valence-corrected chi connectivity index (χ4v) is 0.876. The summed E-state index contributed by atoms with van der Waals surface area (Å²) in [7, 11) is 0. The first-order valence-electron chi connectivity index (χ1n) is 3.81. The molecule has 66 valence electrons. The first-order chi connectivity index (χ1) is 5.75. The smallest absolute Gasteiger partial charge is 0.270 e. The Morgan fingerprint density at radius 3 is 3.08 bits per heavy atom. The van der Waals surface area contributed by atoms with Crippen molar-refractivity contribution in [3.05, 3.63) is 18.0 Å². The van der Waals surface area contributed by atoms with Crippen molar-refractivity contribution in [2.45, 2.75) is 13.3 Å². The maximum atomic E-state index is 11.3. The maximum absolute atomic E-state index is 11.3. The van der Waals surface area contributed by atoms with Crippen LogP contribution in [0.3, 0.4) is 0 Å². The number of nitrogens with one attached hydrogen (secondary N) is 1. The van der Waals surface area contributed by atoms with Gasteiger partial charge in [0.2, 0.25) is 0 Å². The molecule has 0 fully saturated rings. The Morgan fingerprint density at radius 2 is 2.58 bits per heavy atom. The molecule has 5 nitrogen and oxygen atoms in total. The average molecular weight is 168 g/mol. The van der Waals surface area contributed by atoms with Crippen molar-refractivity contribution in [3.8, 4) is 0 Å². The Labute approximate surface area is 70.5 Å². The van der Waals surface area contributed by atoms with Crippen molar-refractivity contribution in [1.82, 2.24) is 15.2 Å². The van der Waals surface area contributed by atoms with Crippen molar-refractivity contribution in [3.63, 3.8) is 0 Å². The summed E-state index contributed by atoms with van der Waals surface area (Å²) in [4.78, 5) is 11.3. The number of rotatable bonds is 3. The lowest BCUT2D eigenvalue weighted by molar-refractivity contribution is 0.0755. The summed E-state index contributed by atoms with van der Waals surface area (Å²) < 4.78 is 0. The standard InChI is InChI=1S/C7H12N4O/c1-2-3-11(8)7(12)6-4-9-10-5-6/h4-5H,2-3,8H2,1H3,(H,9,10). The molecule has 1 aromatic rings. The van der Waals surface area contributed by atoms with Gasteiger partial charge in [-0.3, -0.25) is 14.9 Å². The number of nitrogens with zero attached hydrogens (tertiary/aromatic N) is 2. The highest BCUT2D eigenvalue weighted by atomic mass is 16.2. The van der Waals surface area contributed by atoms with Crippen LogP contribution < -0.4 is 5.84 Å². The number of H-pyrrole nitrogens is 1. The predicted octanol–water partition coefficient (Wildman–Crippen LogP) is 0.136. The normalized spacial score (nSPS) is 9.83. The average Bonchev–Trinajstić information content (AvgIpc) is 2.55. The van der Waals surface area contributed by atoms with Gasteiger partial charge in [-0.05, 0) is 6.42 Å². The van der Waals surface area contributed by atoms with E-state index in [1.165, 1.54) is 17.4 Å². The lowest BCUT2D eigenvalue weighted by atomic mass is 10.3. The lowest BCUT2D eigenvalue weighted by Crippen LogP contribution is -2.37. The highest BCUT2D eigenvalue weighted by Crippen LogP contribution is 1.98. The lowest BCUT2D eigenvalue weighted by Gasteiger charge is -2.13. The van der Waals surface area contributed by atoms with Crippen LogP contribution in [0.5, 0.6) is 0 Å². The first kappa shape index (κ1) is 8.73. The van der Waals surface area contributed by atoms with Crippen LogP contribution in [0.2, 0.25) is 0 Å². The second-order valence-corrected chi connectivity index (χ2v) is 2.49. The van der Waals surface area contributed by atoms with E-state index in [1.54, 1.807) is 0 Å². The molecule has 0 aliphatic carbocycles. The molecule has 0 aromatic carbocycles. The summed E-state index contributed by atoms with van der Waals surface area (Å²) in [6.45, 7) is 2.52. The van der Waals surface area contributed by atoms with Gasteiger partial charge in [-0.2, -0.15) is 5.10 Å². The van der Waals surface area contributed by atoms with E-state index < -0.39 is 0 Å². The minimum Gasteiger partial charge on any atom is -0.285 e. The van der Waals surface area contributed by atoms with Crippen LogP contribution in [0.25, 0.3) is 0 Å². The molecule has 0 radical (unpaired) electrons. The van der Waals surface area contributed by atoms with Gasteiger partial charge in [-0.15, -0.1) is 0 Å². The quantitative estimate of drug-likeness (QED) is 0.383. The largest absolute Gasteiger partial charge is 0.285 e. The van der Waals surface area contributed by atoms with Crippen molar-refractivity contribution < 1.29 is 4.79 Å². The van der Waals surface area contributed by atoms with Gasteiger partial charge in [0, 0.05) is 12.7 Å². The highest BCUT2D eigenvalue weighted by Gasteiger charge is 2.11. The Kier molecular flexibility index (Phi) is 2.82. The number of hydrazine groups is 1. The molecule has 0 aliphatic heterocycles. The molecule has 1 rings (SSSR count). The fourth-order valence-electron chi connectivity index (χ4n) is 0.876. The Hall–Kier alpha value is -1.36. The molecule has 12 heavy (non-hydrogen) atoms. The number of hydrogen-bond acceptors (Lipinski definition) is 3. The Bertz CT molecular complexity index is 244. The van der Waals surface area contributed by atoms with Crippen LogP contribution in [0, 0.1) is 0 Å². The topological polar surface area (TPSA) is 75.0 Å². The van der Waals surface area contributed by atoms with Crippen molar-refractivity contribution in [1.29, 1.82) is 0 Å². The van der Waals surface area contributed by atoms with Crippen LogP contribution in [-0.4, -0.2) is 27.7 Å². The molecular weight excluding hydrogens is 156 g/mol. The molecule has 3 N–H and O–H groups in total. The number of aromatic nitrogens is 2. The van der Waals surface area contributed by atoms with Crippen LogP contribution in [0.4, 0.5) is 0 Å². The van der Waals surface area contributed by atoms with E-state index in [-0.39, 0.29) is 5.91 Å². The SMILES string of the molecule is CCCN(N)C(=O)c1cn[nH]c1. The minimum atomic E-state index is -0.203. The zero-order valence-electron chi connectivity index (χ0n) is 6.95. The first-order valence-corrected chi connectivity index (χ1v) is 3.81. The van der Waals surface area contributed by atoms with E-state index >= 15 is 0 Å². The second kappa shape index (κ2) is 3.87. The van der Waals surface area contributed by atoms with E-state index in [4.69, 9.17) is 5.84 Å². The number of carbonyl (C=O) groups is 1. The molecule has 1 aromatic heterocycles. The van der Waals surface area contributed by atoms with Crippen molar-refractivity contribution in [2.24, 2.45) is 5.84 Å².